The lowest BCUT2D eigenvalue weighted by Crippen LogP contribution is -2.51. The van der Waals surface area contributed by atoms with Gasteiger partial charge in [-0.25, -0.2) is 18.7 Å². The lowest BCUT2D eigenvalue weighted by molar-refractivity contribution is 0.103. The van der Waals surface area contributed by atoms with Gasteiger partial charge >= 0.3 is 0 Å². The number of ketones is 1. The smallest absolute Gasteiger partial charge is 0.242 e. The summed E-state index contributed by atoms with van der Waals surface area (Å²) in [4.78, 5) is 23.6. The van der Waals surface area contributed by atoms with E-state index in [0.29, 0.717) is 17.8 Å². The second-order valence-electron chi connectivity index (χ2n) is 7.76. The molecule has 6 nitrogen and oxygen atoms in total. The molecule has 3 heterocycles. The Morgan fingerprint density at radius 1 is 1.38 bits per heavy atom. The molecule has 3 rings (SSSR count). The number of alkyl halides is 2. The van der Waals surface area contributed by atoms with Gasteiger partial charge in [0, 0.05) is 42.6 Å². The first kappa shape index (κ1) is 21.1. The highest BCUT2D eigenvalue weighted by molar-refractivity contribution is 6.11. The maximum Gasteiger partial charge on any atom is 0.242 e. The van der Waals surface area contributed by atoms with Crippen LogP contribution in [0.15, 0.2) is 30.5 Å². The topological polar surface area (TPSA) is 84.1 Å². The number of hydrogen-bond acceptors (Lipinski definition) is 6. The first-order valence-corrected chi connectivity index (χ1v) is 9.86. The highest BCUT2D eigenvalue weighted by atomic mass is 19.3. The van der Waals surface area contributed by atoms with Crippen LogP contribution in [0.3, 0.4) is 0 Å². The zero-order chi connectivity index (χ0) is 21.0. The Bertz CT molecular complexity index is 873. The molecule has 1 atom stereocenters. The number of piperazine rings is 1. The van der Waals surface area contributed by atoms with E-state index >= 15 is 0 Å². The van der Waals surface area contributed by atoms with Crippen molar-refractivity contribution in [3.05, 3.63) is 47.3 Å². The third-order valence-corrected chi connectivity index (χ3v) is 4.97. The predicted molar refractivity (Wildman–Crippen MR) is 116 cm³/mol. The van der Waals surface area contributed by atoms with Gasteiger partial charge in [0.15, 0.2) is 0 Å². The Hall–Kier alpha value is -2.61. The lowest BCUT2D eigenvalue weighted by atomic mass is 10.0. The molecule has 0 saturated carbocycles. The Morgan fingerprint density at radius 2 is 2.17 bits per heavy atom. The van der Waals surface area contributed by atoms with E-state index in [4.69, 9.17) is 5.73 Å². The molecule has 3 N–H and O–H groups in total. The number of pyridine rings is 2. The van der Waals surface area contributed by atoms with E-state index in [-0.39, 0.29) is 26.9 Å². The number of hydrogen-bond donors (Lipinski definition) is 2. The van der Waals surface area contributed by atoms with Crippen molar-refractivity contribution in [3.8, 4) is 0 Å². The Balaban J connectivity index is 0.00000320. The minimum absolute atomic E-state index is 0. The van der Waals surface area contributed by atoms with Gasteiger partial charge in [-0.05, 0) is 36.1 Å². The summed E-state index contributed by atoms with van der Waals surface area (Å²) >= 11 is 0. The Labute approximate surface area is 174 Å². The molecule has 2 aromatic heterocycles. The van der Waals surface area contributed by atoms with E-state index in [1.54, 1.807) is 18.2 Å². The summed E-state index contributed by atoms with van der Waals surface area (Å²) in [7, 11) is 0. The number of carbonyl (C=O) groups excluding carboxylic acids is 1. The summed E-state index contributed by atoms with van der Waals surface area (Å²) in [5.74, 6) is 0.748. The number of carbonyl (C=O) groups is 1. The highest BCUT2D eigenvalue weighted by Gasteiger charge is 2.25. The fraction of sp³-hybridized carbons (Fsp3) is 0.476. The van der Waals surface area contributed by atoms with E-state index in [2.05, 4.69) is 34.0 Å². The molecule has 0 bridgehead atoms. The van der Waals surface area contributed by atoms with Crippen molar-refractivity contribution in [2.45, 2.75) is 39.2 Å². The van der Waals surface area contributed by atoms with Crippen LogP contribution in [0.25, 0.3) is 0 Å². The molecule has 0 aliphatic carbocycles. The Morgan fingerprint density at radius 3 is 2.86 bits per heavy atom. The molecular formula is C21H33F2N5O. The fourth-order valence-corrected chi connectivity index (χ4v) is 3.68. The predicted octanol–water partition coefficient (Wildman–Crippen LogP) is 3.66. The molecule has 0 radical (unpaired) electrons. The van der Waals surface area contributed by atoms with Gasteiger partial charge in [-0.1, -0.05) is 19.9 Å². The molecular weight excluding hydrogens is 376 g/mol. The van der Waals surface area contributed by atoms with Crippen molar-refractivity contribution in [1.82, 2.24) is 15.3 Å². The largest absolute Gasteiger partial charge is 0.383 e. The van der Waals surface area contributed by atoms with Crippen molar-refractivity contribution in [3.63, 3.8) is 0 Å². The number of nitrogens with two attached hydrogens (primary N) is 1. The molecule has 162 valence electrons. The van der Waals surface area contributed by atoms with Gasteiger partial charge in [-0.3, -0.25) is 4.79 Å². The zero-order valence-electron chi connectivity index (χ0n) is 16.7. The Kier molecular flexibility index (Phi) is 6.74. The molecule has 8 heteroatoms. The molecule has 29 heavy (non-hydrogen) atoms. The number of aromatic nitrogens is 2. The highest BCUT2D eigenvalue weighted by Crippen LogP contribution is 2.23. The van der Waals surface area contributed by atoms with Crippen LogP contribution in [0, 0.1) is 5.92 Å². The maximum absolute atomic E-state index is 13.1. The van der Waals surface area contributed by atoms with Crippen LogP contribution in [0.4, 0.5) is 20.4 Å². The van der Waals surface area contributed by atoms with Crippen LogP contribution < -0.4 is 16.0 Å². The minimum Gasteiger partial charge on any atom is -0.383 e. The number of anilines is 2. The molecule has 0 spiro atoms. The zero-order valence-corrected chi connectivity index (χ0v) is 16.7. The van der Waals surface area contributed by atoms with Crippen molar-refractivity contribution < 1.29 is 17.9 Å². The summed E-state index contributed by atoms with van der Waals surface area (Å²) in [6.45, 7) is 6.64. The van der Waals surface area contributed by atoms with Crippen LogP contribution in [0.5, 0.6) is 0 Å². The average molecular weight is 410 g/mol. The minimum atomic E-state index is -2.57. The van der Waals surface area contributed by atoms with Gasteiger partial charge in [0.1, 0.15) is 17.3 Å². The standard InChI is InChI=1S/C21H27F2N5O.3H2/c1-13(2)10-15-12-28(9-8-25-15)18-6-5-14(11-17(22)23)19(27-18)20(29)16-4-3-7-26-21(16)24;;;/h3-7,13,15,17,25H,8-12H2,1-2H3,(H2,24,26);3*1H/t15-;;;/m0.../s1. The van der Waals surface area contributed by atoms with Crippen molar-refractivity contribution in [2.75, 3.05) is 30.3 Å². The van der Waals surface area contributed by atoms with E-state index in [1.165, 1.54) is 12.3 Å². The van der Waals surface area contributed by atoms with Crippen molar-refractivity contribution in [2.24, 2.45) is 5.92 Å². The van der Waals surface area contributed by atoms with Gasteiger partial charge in [0.2, 0.25) is 12.2 Å². The molecule has 1 fully saturated rings. The normalized spacial score (nSPS) is 17.2. The van der Waals surface area contributed by atoms with E-state index in [0.717, 1.165) is 26.1 Å². The van der Waals surface area contributed by atoms with Crippen LogP contribution in [0.2, 0.25) is 0 Å². The van der Waals surface area contributed by atoms with E-state index < -0.39 is 18.6 Å². The van der Waals surface area contributed by atoms with Crippen LogP contribution in [-0.2, 0) is 6.42 Å². The third kappa shape index (κ3) is 5.26. The van der Waals surface area contributed by atoms with Gasteiger partial charge < -0.3 is 16.0 Å². The lowest BCUT2D eigenvalue weighted by Gasteiger charge is -2.35. The maximum atomic E-state index is 13.1. The molecule has 0 amide bonds. The van der Waals surface area contributed by atoms with E-state index in [1.807, 2.05) is 0 Å². The quantitative estimate of drug-likeness (QED) is 0.679. The number of nitrogens with zero attached hydrogens (tertiary/aromatic N) is 3. The fourth-order valence-electron chi connectivity index (χ4n) is 3.68. The van der Waals surface area contributed by atoms with Gasteiger partial charge in [-0.15, -0.1) is 0 Å². The molecule has 0 unspecified atom stereocenters. The third-order valence-electron chi connectivity index (χ3n) is 4.97. The average Bonchev–Trinajstić information content (AvgIpc) is 2.67. The number of nitrogens with one attached hydrogen (secondary N) is 1. The monoisotopic (exact) mass is 409 g/mol. The second-order valence-corrected chi connectivity index (χ2v) is 7.76. The van der Waals surface area contributed by atoms with Crippen molar-refractivity contribution >= 4 is 17.4 Å². The first-order valence-electron chi connectivity index (χ1n) is 9.86. The number of rotatable bonds is 7. The second kappa shape index (κ2) is 9.26. The number of nitrogen functional groups attached to an aromatic ring is 1. The summed E-state index contributed by atoms with van der Waals surface area (Å²) in [5.41, 5.74) is 6.23. The SMILES string of the molecule is CC(C)C[C@H]1CN(c2ccc(CC(F)F)c(C(=O)c3cccnc3N)n2)CCN1.[HH].[HH].[HH]. The summed E-state index contributed by atoms with van der Waals surface area (Å²) in [5, 5.41) is 3.50. The molecule has 1 aliphatic heterocycles. The van der Waals surface area contributed by atoms with Gasteiger partial charge in [-0.2, -0.15) is 0 Å². The van der Waals surface area contributed by atoms with E-state index in [9.17, 15) is 13.6 Å². The number of halogens is 2. The molecule has 0 aromatic carbocycles. The molecule has 1 saturated heterocycles. The first-order chi connectivity index (χ1) is 13.8. The summed E-state index contributed by atoms with van der Waals surface area (Å²) in [6.07, 6.45) is -0.606. The summed E-state index contributed by atoms with van der Waals surface area (Å²) in [6, 6.07) is 6.74. The molecule has 2 aromatic rings. The van der Waals surface area contributed by atoms with Crippen LogP contribution in [-0.4, -0.2) is 47.9 Å². The van der Waals surface area contributed by atoms with Crippen LogP contribution in [0.1, 0.15) is 46.2 Å². The van der Waals surface area contributed by atoms with Gasteiger partial charge in [0.25, 0.3) is 0 Å². The summed E-state index contributed by atoms with van der Waals surface area (Å²) < 4.78 is 26.2. The van der Waals surface area contributed by atoms with Gasteiger partial charge in [0.05, 0.1) is 5.56 Å². The molecule has 1 aliphatic rings. The van der Waals surface area contributed by atoms with Crippen LogP contribution >= 0.6 is 0 Å². The van der Waals surface area contributed by atoms with Crippen molar-refractivity contribution in [1.29, 1.82) is 0 Å².